The largest absolute Gasteiger partial charge is 0.316 e. The average Bonchev–Trinajstić information content (AvgIpc) is 2.75. The SMILES string of the molecule is CCc1ccc(C2CC(NC)C2(C)CC)s1. The molecular formula is C14H23NS. The van der Waals surface area contributed by atoms with Gasteiger partial charge in [-0.05, 0) is 43.9 Å². The molecule has 1 aliphatic carbocycles. The quantitative estimate of drug-likeness (QED) is 0.840. The number of rotatable bonds is 4. The van der Waals surface area contributed by atoms with Crippen LogP contribution in [0.2, 0.25) is 0 Å². The molecule has 1 fully saturated rings. The highest BCUT2D eigenvalue weighted by Gasteiger charge is 2.50. The molecular weight excluding hydrogens is 214 g/mol. The van der Waals surface area contributed by atoms with Crippen molar-refractivity contribution in [2.24, 2.45) is 5.41 Å². The zero-order valence-electron chi connectivity index (χ0n) is 10.8. The molecule has 1 saturated carbocycles. The fraction of sp³-hybridized carbons (Fsp3) is 0.714. The molecule has 0 spiro atoms. The molecule has 0 saturated heterocycles. The summed E-state index contributed by atoms with van der Waals surface area (Å²) in [6.45, 7) is 7.00. The van der Waals surface area contributed by atoms with Crippen LogP contribution in [0.5, 0.6) is 0 Å². The van der Waals surface area contributed by atoms with E-state index >= 15 is 0 Å². The normalized spacial score (nSPS) is 33.8. The van der Waals surface area contributed by atoms with Gasteiger partial charge in [0, 0.05) is 21.7 Å². The summed E-state index contributed by atoms with van der Waals surface area (Å²) >= 11 is 2.02. The zero-order valence-corrected chi connectivity index (χ0v) is 11.7. The van der Waals surface area contributed by atoms with Gasteiger partial charge in [0.15, 0.2) is 0 Å². The lowest BCUT2D eigenvalue weighted by Crippen LogP contribution is -2.55. The Hall–Kier alpha value is -0.340. The molecule has 0 bridgehead atoms. The van der Waals surface area contributed by atoms with E-state index in [1.165, 1.54) is 24.1 Å². The van der Waals surface area contributed by atoms with Crippen molar-refractivity contribution in [3.8, 4) is 0 Å². The van der Waals surface area contributed by atoms with Crippen LogP contribution in [0.3, 0.4) is 0 Å². The molecule has 1 heterocycles. The van der Waals surface area contributed by atoms with Gasteiger partial charge in [-0.3, -0.25) is 0 Å². The zero-order chi connectivity index (χ0) is 11.8. The van der Waals surface area contributed by atoms with Crippen LogP contribution in [-0.4, -0.2) is 13.1 Å². The molecule has 1 aromatic rings. The minimum atomic E-state index is 0.463. The van der Waals surface area contributed by atoms with Gasteiger partial charge in [0.2, 0.25) is 0 Å². The summed E-state index contributed by atoms with van der Waals surface area (Å²) in [7, 11) is 2.10. The molecule has 1 aromatic heterocycles. The van der Waals surface area contributed by atoms with Crippen LogP contribution in [0.25, 0.3) is 0 Å². The number of hydrogen-bond acceptors (Lipinski definition) is 2. The Bertz CT molecular complexity index is 357. The first-order chi connectivity index (χ1) is 7.65. The van der Waals surface area contributed by atoms with Crippen molar-refractivity contribution in [1.82, 2.24) is 5.32 Å². The predicted octanol–water partition coefficient (Wildman–Crippen LogP) is 3.80. The van der Waals surface area contributed by atoms with Crippen LogP contribution in [0.4, 0.5) is 0 Å². The molecule has 16 heavy (non-hydrogen) atoms. The van der Waals surface area contributed by atoms with Gasteiger partial charge >= 0.3 is 0 Å². The van der Waals surface area contributed by atoms with Crippen molar-refractivity contribution in [3.05, 3.63) is 21.9 Å². The third-order valence-corrected chi connectivity index (χ3v) is 5.89. The Morgan fingerprint density at radius 2 is 2.19 bits per heavy atom. The highest BCUT2D eigenvalue weighted by atomic mass is 32.1. The molecule has 1 aliphatic rings. The minimum absolute atomic E-state index is 0.463. The van der Waals surface area contributed by atoms with Gasteiger partial charge in [-0.25, -0.2) is 0 Å². The second-order valence-electron chi connectivity index (χ2n) is 5.15. The van der Waals surface area contributed by atoms with Gasteiger partial charge in [0.25, 0.3) is 0 Å². The highest BCUT2D eigenvalue weighted by Crippen LogP contribution is 2.56. The summed E-state index contributed by atoms with van der Waals surface area (Å²) in [6, 6.07) is 5.37. The summed E-state index contributed by atoms with van der Waals surface area (Å²) in [6.07, 6.45) is 3.75. The number of thiophene rings is 1. The van der Waals surface area contributed by atoms with E-state index in [1.54, 1.807) is 4.88 Å². The minimum Gasteiger partial charge on any atom is -0.316 e. The number of nitrogens with one attached hydrogen (secondary N) is 1. The Balaban J connectivity index is 2.17. The van der Waals surface area contributed by atoms with E-state index in [0.717, 1.165) is 5.92 Å². The van der Waals surface area contributed by atoms with Crippen molar-refractivity contribution in [3.63, 3.8) is 0 Å². The Morgan fingerprint density at radius 3 is 2.69 bits per heavy atom. The Morgan fingerprint density at radius 1 is 1.44 bits per heavy atom. The standard InChI is InChI=1S/C14H23NS/c1-5-10-7-8-12(16-10)11-9-13(15-4)14(11,3)6-2/h7-8,11,13,15H,5-6,9H2,1-4H3. The van der Waals surface area contributed by atoms with E-state index in [2.05, 4.69) is 45.3 Å². The molecule has 2 heteroatoms. The second-order valence-corrected chi connectivity index (χ2v) is 6.35. The summed E-state index contributed by atoms with van der Waals surface area (Å²) in [5.74, 6) is 0.778. The molecule has 0 aromatic carbocycles. The lowest BCUT2D eigenvalue weighted by molar-refractivity contribution is 0.0515. The van der Waals surface area contributed by atoms with E-state index in [-0.39, 0.29) is 0 Å². The van der Waals surface area contributed by atoms with Gasteiger partial charge in [-0.1, -0.05) is 20.8 Å². The highest BCUT2D eigenvalue weighted by molar-refractivity contribution is 7.12. The van der Waals surface area contributed by atoms with Gasteiger partial charge in [-0.2, -0.15) is 0 Å². The lowest BCUT2D eigenvalue weighted by atomic mass is 9.55. The second kappa shape index (κ2) is 4.50. The molecule has 90 valence electrons. The first-order valence-corrected chi connectivity index (χ1v) is 7.23. The Kier molecular flexibility index (Phi) is 3.41. The predicted molar refractivity (Wildman–Crippen MR) is 72.3 cm³/mol. The molecule has 3 unspecified atom stereocenters. The van der Waals surface area contributed by atoms with Gasteiger partial charge in [0.05, 0.1) is 0 Å². The molecule has 3 atom stereocenters. The number of hydrogen-bond donors (Lipinski definition) is 1. The average molecular weight is 237 g/mol. The van der Waals surface area contributed by atoms with Crippen LogP contribution < -0.4 is 5.32 Å². The monoisotopic (exact) mass is 237 g/mol. The fourth-order valence-electron chi connectivity index (χ4n) is 3.01. The van der Waals surface area contributed by atoms with E-state index in [1.807, 2.05) is 11.3 Å². The van der Waals surface area contributed by atoms with Crippen molar-refractivity contribution < 1.29 is 0 Å². The van der Waals surface area contributed by atoms with Gasteiger partial charge in [-0.15, -0.1) is 11.3 Å². The first-order valence-electron chi connectivity index (χ1n) is 6.41. The van der Waals surface area contributed by atoms with E-state index < -0.39 is 0 Å². The maximum Gasteiger partial charge on any atom is 0.0130 e. The topological polar surface area (TPSA) is 12.0 Å². The van der Waals surface area contributed by atoms with Crippen molar-refractivity contribution in [2.45, 2.75) is 52.0 Å². The van der Waals surface area contributed by atoms with Crippen LogP contribution in [0.1, 0.15) is 49.3 Å². The summed E-state index contributed by atoms with van der Waals surface area (Å²) in [4.78, 5) is 3.13. The van der Waals surface area contributed by atoms with E-state index in [0.29, 0.717) is 11.5 Å². The number of aryl methyl sites for hydroxylation is 1. The molecule has 1 nitrogen and oxygen atoms in total. The third kappa shape index (κ3) is 1.72. The first kappa shape index (κ1) is 12.1. The van der Waals surface area contributed by atoms with Gasteiger partial charge in [0.1, 0.15) is 0 Å². The summed E-state index contributed by atoms with van der Waals surface area (Å²) in [5.41, 5.74) is 0.463. The van der Waals surface area contributed by atoms with Gasteiger partial charge < -0.3 is 5.32 Å². The van der Waals surface area contributed by atoms with Crippen molar-refractivity contribution in [1.29, 1.82) is 0 Å². The molecule has 0 aliphatic heterocycles. The van der Waals surface area contributed by atoms with Crippen molar-refractivity contribution in [2.75, 3.05) is 7.05 Å². The van der Waals surface area contributed by atoms with Crippen LogP contribution in [0.15, 0.2) is 12.1 Å². The Labute approximate surface area is 103 Å². The summed E-state index contributed by atoms with van der Waals surface area (Å²) in [5, 5.41) is 3.47. The summed E-state index contributed by atoms with van der Waals surface area (Å²) < 4.78 is 0. The maximum atomic E-state index is 3.47. The molecule has 2 rings (SSSR count). The van der Waals surface area contributed by atoms with Crippen LogP contribution in [-0.2, 0) is 6.42 Å². The third-order valence-electron chi connectivity index (χ3n) is 4.55. The molecule has 1 N–H and O–H groups in total. The van der Waals surface area contributed by atoms with Crippen LogP contribution in [0, 0.1) is 5.41 Å². The van der Waals surface area contributed by atoms with E-state index in [4.69, 9.17) is 0 Å². The lowest BCUT2D eigenvalue weighted by Gasteiger charge is -2.54. The van der Waals surface area contributed by atoms with Crippen LogP contribution >= 0.6 is 11.3 Å². The van der Waals surface area contributed by atoms with Crippen molar-refractivity contribution >= 4 is 11.3 Å². The maximum absolute atomic E-state index is 3.47. The van der Waals surface area contributed by atoms with E-state index in [9.17, 15) is 0 Å². The molecule has 0 radical (unpaired) electrons. The fourth-order valence-corrected chi connectivity index (χ4v) is 4.24. The molecule has 0 amide bonds. The smallest absolute Gasteiger partial charge is 0.0130 e.